The first-order chi connectivity index (χ1) is 7.75. The van der Waals surface area contributed by atoms with Gasteiger partial charge in [0.1, 0.15) is 0 Å². The summed E-state index contributed by atoms with van der Waals surface area (Å²) in [5.41, 5.74) is 2.27. The normalized spacial score (nSPS) is 20.2. The second-order valence-electron chi connectivity index (χ2n) is 4.47. The van der Waals surface area contributed by atoms with Crippen LogP contribution in [-0.2, 0) is 11.3 Å². The Morgan fingerprint density at radius 1 is 1.50 bits per heavy atom. The highest BCUT2D eigenvalue weighted by molar-refractivity contribution is 6.31. The van der Waals surface area contributed by atoms with Crippen molar-refractivity contribution in [1.82, 2.24) is 5.32 Å². The minimum Gasteiger partial charge on any atom is -0.376 e. The van der Waals surface area contributed by atoms with Gasteiger partial charge in [0.05, 0.1) is 13.2 Å². The van der Waals surface area contributed by atoms with Crippen molar-refractivity contribution in [3.05, 3.63) is 34.3 Å². The number of benzene rings is 1. The summed E-state index contributed by atoms with van der Waals surface area (Å²) < 4.78 is 5.70. The lowest BCUT2D eigenvalue weighted by Gasteiger charge is -2.10. The lowest BCUT2D eigenvalue weighted by molar-refractivity contribution is 0.0925. The average molecular weight is 240 g/mol. The summed E-state index contributed by atoms with van der Waals surface area (Å²) in [6, 6.07) is 6.10. The number of ether oxygens (including phenoxy) is 1. The summed E-state index contributed by atoms with van der Waals surface area (Å²) in [4.78, 5) is 0. The Balaban J connectivity index is 1.80. The maximum absolute atomic E-state index is 6.13. The molecular weight excluding hydrogens is 222 g/mol. The lowest BCUT2D eigenvalue weighted by Crippen LogP contribution is -2.13. The van der Waals surface area contributed by atoms with Crippen molar-refractivity contribution in [1.29, 1.82) is 0 Å². The molecule has 1 fully saturated rings. The molecule has 0 aromatic heterocycles. The van der Waals surface area contributed by atoms with E-state index in [9.17, 15) is 0 Å². The molecule has 88 valence electrons. The van der Waals surface area contributed by atoms with Crippen LogP contribution in [-0.4, -0.2) is 19.7 Å². The van der Waals surface area contributed by atoms with Crippen molar-refractivity contribution >= 4 is 11.6 Å². The van der Waals surface area contributed by atoms with Crippen molar-refractivity contribution in [2.45, 2.75) is 20.0 Å². The van der Waals surface area contributed by atoms with Crippen LogP contribution in [0.3, 0.4) is 0 Å². The maximum Gasteiger partial charge on any atom is 0.0731 e. The quantitative estimate of drug-likeness (QED) is 0.873. The van der Waals surface area contributed by atoms with Crippen molar-refractivity contribution in [3.63, 3.8) is 0 Å². The van der Waals surface area contributed by atoms with Crippen molar-refractivity contribution in [3.8, 4) is 0 Å². The minimum absolute atomic E-state index is 0.621. The number of hydrogen-bond donors (Lipinski definition) is 1. The van der Waals surface area contributed by atoms with Crippen molar-refractivity contribution < 1.29 is 4.74 Å². The Morgan fingerprint density at radius 2 is 2.38 bits per heavy atom. The van der Waals surface area contributed by atoms with Gasteiger partial charge >= 0.3 is 0 Å². The smallest absolute Gasteiger partial charge is 0.0731 e. The molecule has 2 nitrogen and oxygen atoms in total. The molecule has 0 amide bonds. The number of rotatable bonds is 4. The second kappa shape index (κ2) is 5.67. The van der Waals surface area contributed by atoms with Gasteiger partial charge in [-0.05, 0) is 43.0 Å². The van der Waals surface area contributed by atoms with Gasteiger partial charge in [0, 0.05) is 11.6 Å². The van der Waals surface area contributed by atoms with Crippen LogP contribution in [0.15, 0.2) is 18.2 Å². The van der Waals surface area contributed by atoms with Crippen LogP contribution >= 0.6 is 11.6 Å². The third-order valence-corrected chi connectivity index (χ3v) is 3.33. The zero-order valence-corrected chi connectivity index (χ0v) is 10.4. The predicted molar refractivity (Wildman–Crippen MR) is 66.8 cm³/mol. The van der Waals surface area contributed by atoms with Crippen LogP contribution in [0.25, 0.3) is 0 Å². The molecule has 1 N–H and O–H groups in total. The molecule has 1 atom stereocenters. The second-order valence-corrected chi connectivity index (χ2v) is 4.88. The standard InChI is InChI=1S/C13H18ClNO/c1-10-2-3-12(13(14)6-10)9-16-8-11-4-5-15-7-11/h2-3,6,11,15H,4-5,7-9H2,1H3. The Morgan fingerprint density at radius 3 is 3.06 bits per heavy atom. The minimum atomic E-state index is 0.621. The zero-order chi connectivity index (χ0) is 11.4. The Kier molecular flexibility index (Phi) is 4.22. The van der Waals surface area contributed by atoms with E-state index in [0.29, 0.717) is 12.5 Å². The fourth-order valence-corrected chi connectivity index (χ4v) is 2.25. The summed E-state index contributed by atoms with van der Waals surface area (Å²) in [5.74, 6) is 0.671. The molecule has 1 saturated heterocycles. The highest BCUT2D eigenvalue weighted by Gasteiger charge is 2.14. The van der Waals surface area contributed by atoms with Gasteiger partial charge in [-0.25, -0.2) is 0 Å². The van der Waals surface area contributed by atoms with E-state index in [4.69, 9.17) is 16.3 Å². The molecule has 1 aromatic rings. The SMILES string of the molecule is Cc1ccc(COCC2CCNC2)c(Cl)c1. The molecule has 0 saturated carbocycles. The molecule has 1 aliphatic heterocycles. The van der Waals surface area contributed by atoms with E-state index >= 15 is 0 Å². The number of nitrogens with one attached hydrogen (secondary N) is 1. The summed E-state index contributed by atoms with van der Waals surface area (Å²) in [7, 11) is 0. The monoisotopic (exact) mass is 239 g/mol. The highest BCUT2D eigenvalue weighted by Crippen LogP contribution is 2.19. The average Bonchev–Trinajstić information content (AvgIpc) is 2.74. The molecule has 2 rings (SSSR count). The van der Waals surface area contributed by atoms with Crippen LogP contribution in [0.5, 0.6) is 0 Å². The molecule has 0 bridgehead atoms. The highest BCUT2D eigenvalue weighted by atomic mass is 35.5. The molecule has 1 aliphatic rings. The Labute approximate surface area is 102 Å². The Bertz CT molecular complexity index is 348. The Hall–Kier alpha value is -0.570. The maximum atomic E-state index is 6.13. The van der Waals surface area contributed by atoms with Gasteiger partial charge in [0.15, 0.2) is 0 Å². The summed E-state index contributed by atoms with van der Waals surface area (Å²) in [6.45, 7) is 5.70. The third-order valence-electron chi connectivity index (χ3n) is 2.98. The summed E-state index contributed by atoms with van der Waals surface area (Å²) >= 11 is 6.13. The van der Waals surface area contributed by atoms with Crippen LogP contribution in [0.2, 0.25) is 5.02 Å². The van der Waals surface area contributed by atoms with Crippen molar-refractivity contribution in [2.24, 2.45) is 5.92 Å². The zero-order valence-electron chi connectivity index (χ0n) is 9.63. The van der Waals surface area contributed by atoms with E-state index < -0.39 is 0 Å². The van der Waals surface area contributed by atoms with E-state index in [-0.39, 0.29) is 0 Å². The van der Waals surface area contributed by atoms with Crippen LogP contribution in [0.1, 0.15) is 17.5 Å². The van der Waals surface area contributed by atoms with E-state index in [1.54, 1.807) is 0 Å². The number of halogens is 1. The molecule has 16 heavy (non-hydrogen) atoms. The first kappa shape index (κ1) is 11.9. The molecule has 3 heteroatoms. The van der Waals surface area contributed by atoms with Gasteiger partial charge in [-0.15, -0.1) is 0 Å². The van der Waals surface area contributed by atoms with Crippen molar-refractivity contribution in [2.75, 3.05) is 19.7 Å². The van der Waals surface area contributed by atoms with Gasteiger partial charge < -0.3 is 10.1 Å². The lowest BCUT2D eigenvalue weighted by atomic mass is 10.1. The molecule has 1 aromatic carbocycles. The van der Waals surface area contributed by atoms with Crippen LogP contribution < -0.4 is 5.32 Å². The van der Waals surface area contributed by atoms with Gasteiger partial charge in [-0.3, -0.25) is 0 Å². The molecule has 0 radical (unpaired) electrons. The van der Waals surface area contributed by atoms with E-state index in [1.165, 1.54) is 12.0 Å². The van der Waals surface area contributed by atoms with E-state index in [2.05, 4.69) is 11.4 Å². The fraction of sp³-hybridized carbons (Fsp3) is 0.538. The van der Waals surface area contributed by atoms with E-state index in [1.807, 2.05) is 19.1 Å². The fourth-order valence-electron chi connectivity index (χ4n) is 1.96. The molecular formula is C13H18ClNO. The topological polar surface area (TPSA) is 21.3 Å². The predicted octanol–water partition coefficient (Wildman–Crippen LogP) is 2.77. The summed E-state index contributed by atoms with van der Waals surface area (Å²) in [6.07, 6.45) is 1.22. The first-order valence-electron chi connectivity index (χ1n) is 5.79. The first-order valence-corrected chi connectivity index (χ1v) is 6.17. The number of aryl methyl sites for hydroxylation is 1. The van der Waals surface area contributed by atoms with Gasteiger partial charge in [-0.1, -0.05) is 23.7 Å². The molecule has 1 heterocycles. The molecule has 1 unspecified atom stereocenters. The van der Waals surface area contributed by atoms with Gasteiger partial charge in [0.25, 0.3) is 0 Å². The molecule has 0 aliphatic carbocycles. The summed E-state index contributed by atoms with van der Waals surface area (Å²) in [5, 5.41) is 4.14. The number of hydrogen-bond acceptors (Lipinski definition) is 2. The van der Waals surface area contributed by atoms with Gasteiger partial charge in [0.2, 0.25) is 0 Å². The van der Waals surface area contributed by atoms with Crippen LogP contribution in [0, 0.1) is 12.8 Å². The van der Waals surface area contributed by atoms with Gasteiger partial charge in [-0.2, -0.15) is 0 Å². The largest absolute Gasteiger partial charge is 0.376 e. The van der Waals surface area contributed by atoms with E-state index in [0.717, 1.165) is 30.3 Å². The van der Waals surface area contributed by atoms with Crippen LogP contribution in [0.4, 0.5) is 0 Å². The molecule has 0 spiro atoms. The third kappa shape index (κ3) is 3.21.